The van der Waals surface area contributed by atoms with E-state index in [2.05, 4.69) is 37.3 Å². The number of aliphatic hydroxyl groups is 1. The topological polar surface area (TPSA) is 46.2 Å². The summed E-state index contributed by atoms with van der Waals surface area (Å²) in [5.41, 5.74) is 10.5. The fourth-order valence-corrected chi connectivity index (χ4v) is 3.89. The summed E-state index contributed by atoms with van der Waals surface area (Å²) >= 11 is 0. The van der Waals surface area contributed by atoms with Crippen LogP contribution in [0.25, 0.3) is 0 Å². The second-order valence-electron chi connectivity index (χ2n) is 7.25. The van der Waals surface area contributed by atoms with Crippen LogP contribution in [-0.2, 0) is 12.8 Å². The summed E-state index contributed by atoms with van der Waals surface area (Å²) in [7, 11) is 0. The third-order valence-corrected chi connectivity index (χ3v) is 5.42. The molecule has 0 aromatic heterocycles. The molecule has 1 aromatic carbocycles. The predicted molar refractivity (Wildman–Crippen MR) is 103 cm³/mol. The number of unbranched alkanes of at least 4 members (excludes halogenated alkanes) is 1. The molecule has 0 heterocycles. The van der Waals surface area contributed by atoms with E-state index in [0.29, 0.717) is 12.5 Å². The Balaban J connectivity index is 1.93. The monoisotopic (exact) mass is 329 g/mol. The van der Waals surface area contributed by atoms with Gasteiger partial charge in [-0.15, -0.1) is 0 Å². The van der Waals surface area contributed by atoms with Gasteiger partial charge in [0.2, 0.25) is 0 Å². The van der Waals surface area contributed by atoms with Crippen LogP contribution in [0.4, 0.5) is 0 Å². The van der Waals surface area contributed by atoms with Crippen molar-refractivity contribution in [3.8, 4) is 0 Å². The smallest absolute Gasteiger partial charge is 0.0431 e. The Hall–Kier alpha value is -1.12. The van der Waals surface area contributed by atoms with E-state index in [1.807, 2.05) is 0 Å². The Labute approximate surface area is 148 Å². The van der Waals surface area contributed by atoms with Gasteiger partial charge in [-0.25, -0.2) is 0 Å². The fraction of sp³-hybridized carbons (Fsp3) is 0.636. The van der Waals surface area contributed by atoms with Crippen LogP contribution in [0, 0.1) is 5.92 Å². The summed E-state index contributed by atoms with van der Waals surface area (Å²) in [5, 5.41) is 8.96. The lowest BCUT2D eigenvalue weighted by atomic mass is 9.80. The summed E-state index contributed by atoms with van der Waals surface area (Å²) in [6, 6.07) is 7.07. The molecule has 0 spiro atoms. The first kappa shape index (κ1) is 19.2. The van der Waals surface area contributed by atoms with Crippen molar-refractivity contribution < 1.29 is 5.11 Å². The minimum absolute atomic E-state index is 0.288. The van der Waals surface area contributed by atoms with Crippen molar-refractivity contribution in [3.05, 3.63) is 47.0 Å². The highest BCUT2D eigenvalue weighted by molar-refractivity contribution is 5.36. The van der Waals surface area contributed by atoms with Gasteiger partial charge in [0.25, 0.3) is 0 Å². The van der Waals surface area contributed by atoms with E-state index in [9.17, 15) is 0 Å². The van der Waals surface area contributed by atoms with Crippen molar-refractivity contribution in [2.75, 3.05) is 13.2 Å². The Kier molecular flexibility index (Phi) is 8.55. The third-order valence-electron chi connectivity index (χ3n) is 5.42. The van der Waals surface area contributed by atoms with Crippen molar-refractivity contribution in [1.82, 2.24) is 0 Å². The first-order chi connectivity index (χ1) is 11.8. The van der Waals surface area contributed by atoms with Crippen molar-refractivity contribution in [2.45, 2.75) is 70.6 Å². The average Bonchev–Trinajstić information content (AvgIpc) is 2.62. The normalized spacial score (nSPS) is 18.7. The first-order valence-electron chi connectivity index (χ1n) is 9.86. The van der Waals surface area contributed by atoms with Crippen molar-refractivity contribution >= 4 is 0 Å². The van der Waals surface area contributed by atoms with Crippen LogP contribution in [-0.4, -0.2) is 18.3 Å². The molecule has 0 fully saturated rings. The van der Waals surface area contributed by atoms with E-state index in [1.54, 1.807) is 11.1 Å². The van der Waals surface area contributed by atoms with Gasteiger partial charge in [-0.1, -0.05) is 43.7 Å². The lowest BCUT2D eigenvalue weighted by Gasteiger charge is -2.26. The molecular formula is C22H35NO. The number of benzene rings is 1. The molecule has 0 saturated carbocycles. The van der Waals surface area contributed by atoms with Crippen LogP contribution < -0.4 is 5.73 Å². The number of allylic oxidation sites excluding steroid dienone is 2. The maximum absolute atomic E-state index is 8.96. The maximum atomic E-state index is 8.96. The van der Waals surface area contributed by atoms with Gasteiger partial charge in [-0.05, 0) is 86.4 Å². The molecule has 0 amide bonds. The molecule has 1 aliphatic rings. The quantitative estimate of drug-likeness (QED) is 0.481. The molecule has 24 heavy (non-hydrogen) atoms. The minimum Gasteiger partial charge on any atom is -0.396 e. The molecule has 2 heteroatoms. The number of aliphatic hydroxyl groups excluding tert-OH is 1. The zero-order chi connectivity index (χ0) is 17.2. The van der Waals surface area contributed by atoms with Crippen molar-refractivity contribution in [2.24, 2.45) is 11.7 Å². The van der Waals surface area contributed by atoms with Crippen LogP contribution in [0.3, 0.4) is 0 Å². The lowest BCUT2D eigenvalue weighted by molar-refractivity contribution is 0.281. The van der Waals surface area contributed by atoms with Gasteiger partial charge in [-0.3, -0.25) is 0 Å². The number of hydrogen-bond donors (Lipinski definition) is 2. The predicted octanol–water partition coefficient (Wildman–Crippen LogP) is 4.74. The molecule has 1 aliphatic carbocycles. The highest BCUT2D eigenvalue weighted by atomic mass is 16.2. The molecule has 2 atom stereocenters. The van der Waals surface area contributed by atoms with Gasteiger partial charge < -0.3 is 10.8 Å². The standard InChI is InChI=1S/C22H35NO/c1-2-3-4-5-8-18-10-11-20-16-21(13-12-19(20)15-18)22(17-23)9-6-7-14-24/h3-4,12-13,16,18,22,24H,2,5-11,14-15,17,23H2,1H3/b4-3+/t18-,22+/m1/s1. The molecule has 1 aromatic rings. The Morgan fingerprint density at radius 1 is 1.25 bits per heavy atom. The van der Waals surface area contributed by atoms with Gasteiger partial charge in [0.05, 0.1) is 0 Å². The minimum atomic E-state index is 0.288. The first-order valence-corrected chi connectivity index (χ1v) is 9.86. The van der Waals surface area contributed by atoms with E-state index in [1.165, 1.54) is 37.7 Å². The van der Waals surface area contributed by atoms with Crippen molar-refractivity contribution in [1.29, 1.82) is 0 Å². The molecule has 3 N–H and O–H groups in total. The number of nitrogens with two attached hydrogens (primary N) is 1. The Morgan fingerprint density at radius 2 is 2.12 bits per heavy atom. The molecule has 2 nitrogen and oxygen atoms in total. The molecule has 0 radical (unpaired) electrons. The Bertz CT molecular complexity index is 509. The molecule has 0 bridgehead atoms. The molecular weight excluding hydrogens is 294 g/mol. The maximum Gasteiger partial charge on any atom is 0.0431 e. The van der Waals surface area contributed by atoms with Gasteiger partial charge in [0.15, 0.2) is 0 Å². The summed E-state index contributed by atoms with van der Waals surface area (Å²) in [4.78, 5) is 0. The number of aryl methyl sites for hydroxylation is 1. The van der Waals surface area contributed by atoms with Gasteiger partial charge in [-0.2, -0.15) is 0 Å². The fourth-order valence-electron chi connectivity index (χ4n) is 3.89. The third kappa shape index (κ3) is 5.75. The number of fused-ring (bicyclic) bond motifs is 1. The van der Waals surface area contributed by atoms with E-state index in [4.69, 9.17) is 10.8 Å². The summed E-state index contributed by atoms with van der Waals surface area (Å²) in [6.45, 7) is 3.19. The van der Waals surface area contributed by atoms with Gasteiger partial charge in [0.1, 0.15) is 0 Å². The van der Waals surface area contributed by atoms with Gasteiger partial charge in [0, 0.05) is 6.61 Å². The summed E-state index contributed by atoms with van der Waals surface area (Å²) < 4.78 is 0. The zero-order valence-electron chi connectivity index (χ0n) is 15.3. The second kappa shape index (κ2) is 10.7. The lowest BCUT2D eigenvalue weighted by Crippen LogP contribution is -2.17. The number of hydrogen-bond acceptors (Lipinski definition) is 2. The van der Waals surface area contributed by atoms with Crippen LogP contribution in [0.5, 0.6) is 0 Å². The second-order valence-corrected chi connectivity index (χ2v) is 7.25. The molecule has 2 rings (SSSR count). The average molecular weight is 330 g/mol. The van der Waals surface area contributed by atoms with Crippen LogP contribution in [0.15, 0.2) is 30.4 Å². The largest absolute Gasteiger partial charge is 0.396 e. The Morgan fingerprint density at radius 3 is 2.88 bits per heavy atom. The summed E-state index contributed by atoms with van der Waals surface area (Å²) in [5.74, 6) is 1.29. The summed E-state index contributed by atoms with van der Waals surface area (Å²) in [6.07, 6.45) is 15.2. The highest BCUT2D eigenvalue weighted by Crippen LogP contribution is 2.31. The van der Waals surface area contributed by atoms with Crippen molar-refractivity contribution in [3.63, 3.8) is 0 Å². The van der Waals surface area contributed by atoms with E-state index >= 15 is 0 Å². The van der Waals surface area contributed by atoms with E-state index in [-0.39, 0.29) is 6.61 Å². The molecule has 0 saturated heterocycles. The molecule has 0 aliphatic heterocycles. The zero-order valence-corrected chi connectivity index (χ0v) is 15.3. The van der Waals surface area contributed by atoms with Crippen LogP contribution in [0.2, 0.25) is 0 Å². The van der Waals surface area contributed by atoms with E-state index in [0.717, 1.165) is 31.6 Å². The van der Waals surface area contributed by atoms with Gasteiger partial charge >= 0.3 is 0 Å². The highest BCUT2D eigenvalue weighted by Gasteiger charge is 2.19. The molecule has 0 unspecified atom stereocenters. The van der Waals surface area contributed by atoms with E-state index < -0.39 is 0 Å². The molecule has 134 valence electrons. The van der Waals surface area contributed by atoms with Crippen LogP contribution in [0.1, 0.15) is 74.5 Å². The number of rotatable bonds is 10. The SMILES string of the molecule is CC/C=C/CC[C@@H]1CCc2cc([C@H](CN)CCCCO)ccc2C1. The van der Waals surface area contributed by atoms with Crippen LogP contribution >= 0.6 is 0 Å².